The fourth-order valence-corrected chi connectivity index (χ4v) is 4.66. The number of hydrogen-bond acceptors (Lipinski definition) is 3. The van der Waals surface area contributed by atoms with E-state index in [0.29, 0.717) is 6.42 Å². The van der Waals surface area contributed by atoms with Gasteiger partial charge < -0.3 is 14.9 Å². The van der Waals surface area contributed by atoms with Gasteiger partial charge in [-0.3, -0.25) is 0 Å². The van der Waals surface area contributed by atoms with Crippen molar-refractivity contribution in [3.8, 4) is 0 Å². The molecule has 0 aromatic heterocycles. The van der Waals surface area contributed by atoms with Gasteiger partial charge in [-0.2, -0.15) is 0 Å². The average molecular weight is 413 g/mol. The molecule has 0 aromatic carbocycles. The van der Waals surface area contributed by atoms with Gasteiger partial charge in [-0.15, -0.1) is 0 Å². The molecule has 0 aromatic rings. The fraction of sp³-hybridized carbons (Fsp3) is 0.556. The minimum atomic E-state index is -0.280. The third-order valence-electron chi connectivity index (χ3n) is 6.39. The molecule has 2 fully saturated rings. The van der Waals surface area contributed by atoms with Gasteiger partial charge in [-0.05, 0) is 53.0 Å². The Hall–Kier alpha value is -1.68. The topological polar surface area (TPSA) is 53.0 Å². The van der Waals surface area contributed by atoms with Crippen LogP contribution in [-0.2, 0) is 4.74 Å². The van der Waals surface area contributed by atoms with Gasteiger partial charge in [0, 0.05) is 18.4 Å². The first-order chi connectivity index (χ1) is 14.1. The summed E-state index contributed by atoms with van der Waals surface area (Å²) in [7, 11) is 0. The van der Waals surface area contributed by atoms with Crippen molar-refractivity contribution < 1.29 is 14.9 Å². The Bertz CT molecular complexity index is 778. The van der Waals surface area contributed by atoms with Gasteiger partial charge in [0.15, 0.2) is 0 Å². The quantitative estimate of drug-likeness (QED) is 0.362. The molecule has 3 heteroatoms. The maximum atomic E-state index is 10.2. The molecule has 0 amide bonds. The minimum Gasteiger partial charge on any atom is -0.396 e. The lowest BCUT2D eigenvalue weighted by Crippen LogP contribution is -2.46. The molecule has 166 valence electrons. The molecule has 0 bridgehead atoms. The molecule has 1 heterocycles. The number of ether oxygens (including phenoxy) is 1. The van der Waals surface area contributed by atoms with Crippen LogP contribution >= 0.6 is 0 Å². The summed E-state index contributed by atoms with van der Waals surface area (Å²) in [5, 5.41) is 19.0. The second-order valence-corrected chi connectivity index (χ2v) is 9.75. The number of epoxide rings is 1. The number of fused-ring (bicyclic) bond motifs is 1. The lowest BCUT2D eigenvalue weighted by molar-refractivity contribution is 0.0515. The van der Waals surface area contributed by atoms with E-state index in [0.717, 1.165) is 19.3 Å². The smallest absolute Gasteiger partial charge is 0.121 e. The maximum absolute atomic E-state index is 10.2. The first-order valence-corrected chi connectivity index (χ1v) is 11.1. The van der Waals surface area contributed by atoms with Gasteiger partial charge in [0.25, 0.3) is 0 Å². The first-order valence-electron chi connectivity index (χ1n) is 11.1. The maximum Gasteiger partial charge on any atom is 0.121 e. The Morgan fingerprint density at radius 2 is 1.57 bits per heavy atom. The van der Waals surface area contributed by atoms with E-state index in [2.05, 4.69) is 84.1 Å². The molecule has 2 rings (SSSR count). The van der Waals surface area contributed by atoms with Crippen molar-refractivity contribution in [1.29, 1.82) is 0 Å². The van der Waals surface area contributed by atoms with E-state index in [9.17, 15) is 5.11 Å². The van der Waals surface area contributed by atoms with E-state index >= 15 is 0 Å². The van der Waals surface area contributed by atoms with Gasteiger partial charge in [-0.25, -0.2) is 0 Å². The zero-order valence-electron chi connectivity index (χ0n) is 19.6. The molecular formula is C27H40O3. The normalized spacial score (nSPS) is 32.4. The standard InChI is InChI=1S/C27H40O3/c1-21(11-7-8-12-22(2)15-10-18-28)13-9-14-23(3)16-17-27-25(4,5)19-24(29)20-26(27,6)30-27/h7-9,11-14,16-17,24,28-29H,10,15,18-20H2,1-6H3/b8-7+,13-9+,17-16+,21-11+,22-12+,23-14-/t24-,26+,27-/m0/s1. The molecular weight excluding hydrogens is 372 g/mol. The van der Waals surface area contributed by atoms with Crippen molar-refractivity contribution in [3.63, 3.8) is 0 Å². The molecule has 1 aliphatic heterocycles. The van der Waals surface area contributed by atoms with Crippen LogP contribution in [0.4, 0.5) is 0 Å². The Balaban J connectivity index is 1.93. The average Bonchev–Trinajstić information content (AvgIpc) is 3.27. The number of aliphatic hydroxyl groups is 2. The van der Waals surface area contributed by atoms with E-state index < -0.39 is 0 Å². The Kier molecular flexibility index (Phi) is 8.27. The molecule has 0 radical (unpaired) electrons. The molecule has 1 saturated heterocycles. The predicted octanol–water partition coefficient (Wildman–Crippen LogP) is 5.98. The molecule has 3 atom stereocenters. The van der Waals surface area contributed by atoms with Crippen molar-refractivity contribution in [2.75, 3.05) is 6.61 Å². The van der Waals surface area contributed by atoms with E-state index in [4.69, 9.17) is 9.84 Å². The second kappa shape index (κ2) is 10.1. The van der Waals surface area contributed by atoms with Crippen molar-refractivity contribution in [3.05, 3.63) is 71.4 Å². The summed E-state index contributed by atoms with van der Waals surface area (Å²) < 4.78 is 6.20. The van der Waals surface area contributed by atoms with E-state index in [1.54, 1.807) is 0 Å². The van der Waals surface area contributed by atoms with Crippen LogP contribution in [0.5, 0.6) is 0 Å². The van der Waals surface area contributed by atoms with Crippen LogP contribution < -0.4 is 0 Å². The molecule has 1 saturated carbocycles. The van der Waals surface area contributed by atoms with Gasteiger partial charge in [-0.1, -0.05) is 79.2 Å². The zero-order valence-corrected chi connectivity index (χ0v) is 19.6. The van der Waals surface area contributed by atoms with Crippen molar-refractivity contribution in [2.45, 2.75) is 84.5 Å². The van der Waals surface area contributed by atoms with Crippen LogP contribution in [0.15, 0.2) is 71.4 Å². The highest BCUT2D eigenvalue weighted by atomic mass is 16.6. The van der Waals surface area contributed by atoms with E-state index in [1.165, 1.54) is 16.7 Å². The largest absolute Gasteiger partial charge is 0.396 e. The van der Waals surface area contributed by atoms with Crippen LogP contribution in [0.25, 0.3) is 0 Å². The third kappa shape index (κ3) is 5.94. The highest BCUT2D eigenvalue weighted by Gasteiger charge is 2.74. The third-order valence-corrected chi connectivity index (χ3v) is 6.39. The van der Waals surface area contributed by atoms with Crippen molar-refractivity contribution in [2.24, 2.45) is 5.41 Å². The molecule has 30 heavy (non-hydrogen) atoms. The molecule has 0 spiro atoms. The Morgan fingerprint density at radius 1 is 0.933 bits per heavy atom. The summed E-state index contributed by atoms with van der Waals surface area (Å²) in [6.45, 7) is 13.0. The summed E-state index contributed by atoms with van der Waals surface area (Å²) in [6, 6.07) is 0. The molecule has 2 aliphatic rings. The SMILES string of the molecule is CC(=C/C=C/C(C)=C/C=C/C=C(\C)CCCO)/C=C/[C@@]12O[C@]1(C)C[C@@H](O)CC2(C)C. The number of hydrogen-bond donors (Lipinski definition) is 2. The minimum absolute atomic E-state index is 0.0808. The van der Waals surface area contributed by atoms with Crippen LogP contribution in [0.2, 0.25) is 0 Å². The molecule has 3 nitrogen and oxygen atoms in total. The Morgan fingerprint density at radius 3 is 2.23 bits per heavy atom. The van der Waals surface area contributed by atoms with Gasteiger partial charge in [0.05, 0.1) is 6.10 Å². The summed E-state index contributed by atoms with van der Waals surface area (Å²) >= 11 is 0. The monoisotopic (exact) mass is 412 g/mol. The van der Waals surface area contributed by atoms with Crippen LogP contribution in [0.3, 0.4) is 0 Å². The molecule has 0 unspecified atom stereocenters. The van der Waals surface area contributed by atoms with Gasteiger partial charge >= 0.3 is 0 Å². The van der Waals surface area contributed by atoms with Crippen LogP contribution in [0.1, 0.15) is 67.2 Å². The number of allylic oxidation sites excluding steroid dienone is 11. The summed E-state index contributed by atoms with van der Waals surface area (Å²) in [5.74, 6) is 0. The molecule has 1 aliphatic carbocycles. The summed E-state index contributed by atoms with van der Waals surface area (Å²) in [5.41, 5.74) is 3.02. The van der Waals surface area contributed by atoms with Crippen molar-refractivity contribution in [1.82, 2.24) is 0 Å². The first kappa shape index (κ1) is 24.6. The lowest BCUT2D eigenvalue weighted by Gasteiger charge is -2.39. The van der Waals surface area contributed by atoms with Crippen LogP contribution in [-0.4, -0.2) is 34.1 Å². The van der Waals surface area contributed by atoms with E-state index in [-0.39, 0.29) is 29.3 Å². The zero-order chi connectivity index (χ0) is 22.4. The molecule has 2 N–H and O–H groups in total. The number of aliphatic hydroxyl groups excluding tert-OH is 2. The summed E-state index contributed by atoms with van der Waals surface area (Å²) in [4.78, 5) is 0. The number of rotatable bonds is 9. The Labute approximate surface area is 183 Å². The van der Waals surface area contributed by atoms with Crippen LogP contribution in [0, 0.1) is 5.41 Å². The highest BCUT2D eigenvalue weighted by Crippen LogP contribution is 2.66. The second-order valence-electron chi connectivity index (χ2n) is 9.75. The van der Waals surface area contributed by atoms with Gasteiger partial charge in [0.2, 0.25) is 0 Å². The highest BCUT2D eigenvalue weighted by molar-refractivity contribution is 5.36. The summed E-state index contributed by atoms with van der Waals surface area (Å²) in [6.07, 6.45) is 21.8. The van der Waals surface area contributed by atoms with Gasteiger partial charge in [0.1, 0.15) is 11.2 Å². The van der Waals surface area contributed by atoms with Crippen molar-refractivity contribution >= 4 is 0 Å². The lowest BCUT2D eigenvalue weighted by atomic mass is 9.63. The predicted molar refractivity (Wildman–Crippen MR) is 126 cm³/mol. The fourth-order valence-electron chi connectivity index (χ4n) is 4.66. The van der Waals surface area contributed by atoms with E-state index in [1.807, 2.05) is 12.2 Å².